The minimum Gasteiger partial charge on any atom is -0.472 e. The van der Waals surface area contributed by atoms with Crippen molar-refractivity contribution in [3.63, 3.8) is 0 Å². The molecule has 0 aliphatic carbocycles. The smallest absolute Gasteiger partial charge is 0.254 e. The SMILES string of the molecule is O=C(NCc1ccccc1C#CCO)c1ccoc1. The van der Waals surface area contributed by atoms with Gasteiger partial charge in [-0.3, -0.25) is 4.79 Å². The Hall–Kier alpha value is -2.51. The van der Waals surface area contributed by atoms with Crippen LogP contribution in [0.5, 0.6) is 0 Å². The van der Waals surface area contributed by atoms with Crippen LogP contribution < -0.4 is 5.32 Å². The van der Waals surface area contributed by atoms with Crippen molar-refractivity contribution in [2.24, 2.45) is 0 Å². The maximum atomic E-state index is 11.8. The summed E-state index contributed by atoms with van der Waals surface area (Å²) >= 11 is 0. The first-order valence-corrected chi connectivity index (χ1v) is 5.79. The van der Waals surface area contributed by atoms with Gasteiger partial charge in [0.1, 0.15) is 12.9 Å². The van der Waals surface area contributed by atoms with Gasteiger partial charge in [0.25, 0.3) is 5.91 Å². The van der Waals surface area contributed by atoms with Gasteiger partial charge in [-0.2, -0.15) is 0 Å². The molecule has 19 heavy (non-hydrogen) atoms. The van der Waals surface area contributed by atoms with Gasteiger partial charge in [0, 0.05) is 12.1 Å². The summed E-state index contributed by atoms with van der Waals surface area (Å²) < 4.78 is 4.85. The predicted molar refractivity (Wildman–Crippen MR) is 70.3 cm³/mol. The molecule has 1 amide bonds. The highest BCUT2D eigenvalue weighted by Crippen LogP contribution is 2.07. The van der Waals surface area contributed by atoms with Crippen LogP contribution in [-0.2, 0) is 6.54 Å². The first-order valence-electron chi connectivity index (χ1n) is 5.79. The summed E-state index contributed by atoms with van der Waals surface area (Å²) in [6.07, 6.45) is 2.85. The van der Waals surface area contributed by atoms with Crippen molar-refractivity contribution in [3.05, 3.63) is 59.5 Å². The van der Waals surface area contributed by atoms with E-state index in [2.05, 4.69) is 17.2 Å². The molecule has 2 aromatic rings. The van der Waals surface area contributed by atoms with E-state index in [1.165, 1.54) is 12.5 Å². The van der Waals surface area contributed by atoms with Crippen molar-refractivity contribution in [1.82, 2.24) is 5.32 Å². The Bertz CT molecular complexity index is 606. The average molecular weight is 255 g/mol. The van der Waals surface area contributed by atoms with E-state index in [-0.39, 0.29) is 12.5 Å². The number of carbonyl (C=O) groups excluding carboxylic acids is 1. The first kappa shape index (κ1) is 12.9. The van der Waals surface area contributed by atoms with E-state index in [0.717, 1.165) is 11.1 Å². The van der Waals surface area contributed by atoms with Crippen LogP contribution in [0, 0.1) is 11.8 Å². The molecule has 0 atom stereocenters. The van der Waals surface area contributed by atoms with E-state index >= 15 is 0 Å². The van der Waals surface area contributed by atoms with Crippen LogP contribution in [0.25, 0.3) is 0 Å². The van der Waals surface area contributed by atoms with Crippen molar-refractivity contribution >= 4 is 5.91 Å². The Kier molecular flexibility index (Phi) is 4.38. The second-order valence-electron chi connectivity index (χ2n) is 3.81. The zero-order chi connectivity index (χ0) is 13.5. The number of benzene rings is 1. The Balaban J connectivity index is 2.05. The summed E-state index contributed by atoms with van der Waals surface area (Å²) in [4.78, 5) is 11.8. The van der Waals surface area contributed by atoms with Gasteiger partial charge in [0.05, 0.1) is 11.8 Å². The van der Waals surface area contributed by atoms with Gasteiger partial charge in [-0.05, 0) is 17.7 Å². The van der Waals surface area contributed by atoms with Crippen molar-refractivity contribution in [3.8, 4) is 11.8 Å². The van der Waals surface area contributed by atoms with Crippen LogP contribution in [0.4, 0.5) is 0 Å². The van der Waals surface area contributed by atoms with Crippen LogP contribution >= 0.6 is 0 Å². The third kappa shape index (κ3) is 3.47. The van der Waals surface area contributed by atoms with E-state index in [4.69, 9.17) is 9.52 Å². The standard InChI is InChI=1S/C15H13NO3/c17-8-3-6-12-4-1-2-5-13(12)10-16-15(18)14-7-9-19-11-14/h1-2,4-5,7,9,11,17H,8,10H2,(H,16,18). The zero-order valence-corrected chi connectivity index (χ0v) is 10.2. The number of carbonyl (C=O) groups is 1. The molecule has 0 saturated carbocycles. The molecule has 1 aromatic heterocycles. The summed E-state index contributed by atoms with van der Waals surface area (Å²) in [6.45, 7) is 0.190. The highest BCUT2D eigenvalue weighted by atomic mass is 16.3. The normalized spacial score (nSPS) is 9.53. The van der Waals surface area contributed by atoms with Crippen molar-refractivity contribution in [1.29, 1.82) is 0 Å². The fourth-order valence-corrected chi connectivity index (χ4v) is 1.60. The van der Waals surface area contributed by atoms with E-state index < -0.39 is 0 Å². The van der Waals surface area contributed by atoms with Crippen LogP contribution in [0.15, 0.2) is 47.3 Å². The molecule has 96 valence electrons. The quantitative estimate of drug-likeness (QED) is 0.818. The zero-order valence-electron chi connectivity index (χ0n) is 10.2. The van der Waals surface area contributed by atoms with E-state index in [1.54, 1.807) is 6.07 Å². The van der Waals surface area contributed by atoms with Crippen LogP contribution in [0.2, 0.25) is 0 Å². The Labute approximate surface area is 111 Å². The highest BCUT2D eigenvalue weighted by molar-refractivity contribution is 5.93. The largest absolute Gasteiger partial charge is 0.472 e. The second kappa shape index (κ2) is 6.43. The topological polar surface area (TPSA) is 62.5 Å². The first-order chi connectivity index (χ1) is 9.31. The molecule has 2 N–H and O–H groups in total. The third-order valence-electron chi connectivity index (χ3n) is 2.54. The minimum atomic E-state index is -0.196. The third-order valence-corrected chi connectivity index (χ3v) is 2.54. The maximum absolute atomic E-state index is 11.8. The Morgan fingerprint density at radius 2 is 2.16 bits per heavy atom. The highest BCUT2D eigenvalue weighted by Gasteiger charge is 2.07. The van der Waals surface area contributed by atoms with E-state index in [0.29, 0.717) is 12.1 Å². The Morgan fingerprint density at radius 1 is 1.32 bits per heavy atom. The van der Waals surface area contributed by atoms with Gasteiger partial charge in [0.2, 0.25) is 0 Å². The summed E-state index contributed by atoms with van der Waals surface area (Å²) in [7, 11) is 0. The number of rotatable bonds is 3. The lowest BCUT2D eigenvalue weighted by molar-refractivity contribution is 0.0950. The molecule has 0 bridgehead atoms. The molecular formula is C15H13NO3. The maximum Gasteiger partial charge on any atom is 0.254 e. The number of aliphatic hydroxyl groups excluding tert-OH is 1. The van der Waals surface area contributed by atoms with Gasteiger partial charge >= 0.3 is 0 Å². The molecule has 2 rings (SSSR count). The van der Waals surface area contributed by atoms with Crippen molar-refractivity contribution < 1.29 is 14.3 Å². The monoisotopic (exact) mass is 255 g/mol. The number of nitrogens with one attached hydrogen (secondary N) is 1. The van der Waals surface area contributed by atoms with Gasteiger partial charge in [-0.1, -0.05) is 30.0 Å². The molecule has 0 aliphatic rings. The van der Waals surface area contributed by atoms with E-state index in [1.807, 2.05) is 24.3 Å². The lowest BCUT2D eigenvalue weighted by atomic mass is 10.1. The Morgan fingerprint density at radius 3 is 2.89 bits per heavy atom. The molecule has 1 aromatic carbocycles. The fraction of sp³-hybridized carbons (Fsp3) is 0.133. The van der Waals surface area contributed by atoms with Crippen LogP contribution in [-0.4, -0.2) is 17.6 Å². The van der Waals surface area contributed by atoms with Crippen molar-refractivity contribution in [2.45, 2.75) is 6.54 Å². The predicted octanol–water partition coefficient (Wildman–Crippen LogP) is 1.55. The molecule has 0 radical (unpaired) electrons. The molecule has 0 spiro atoms. The number of hydrogen-bond donors (Lipinski definition) is 2. The summed E-state index contributed by atoms with van der Waals surface area (Å²) in [5.74, 6) is 5.25. The van der Waals surface area contributed by atoms with Crippen molar-refractivity contribution in [2.75, 3.05) is 6.61 Å². The lowest BCUT2D eigenvalue weighted by Crippen LogP contribution is -2.22. The number of aliphatic hydroxyl groups is 1. The number of hydrogen-bond acceptors (Lipinski definition) is 3. The van der Waals surface area contributed by atoms with Gasteiger partial charge in [-0.25, -0.2) is 0 Å². The molecule has 0 saturated heterocycles. The number of furan rings is 1. The molecular weight excluding hydrogens is 242 g/mol. The summed E-state index contributed by atoms with van der Waals surface area (Å²) in [6, 6.07) is 9.08. The number of amides is 1. The molecule has 0 fully saturated rings. The second-order valence-corrected chi connectivity index (χ2v) is 3.81. The molecule has 1 heterocycles. The summed E-state index contributed by atoms with van der Waals surface area (Å²) in [5, 5.41) is 11.5. The van der Waals surface area contributed by atoms with E-state index in [9.17, 15) is 4.79 Å². The molecule has 4 nitrogen and oxygen atoms in total. The van der Waals surface area contributed by atoms with Gasteiger partial charge < -0.3 is 14.8 Å². The molecule has 0 aliphatic heterocycles. The lowest BCUT2D eigenvalue weighted by Gasteiger charge is -2.06. The molecule has 0 unspecified atom stereocenters. The summed E-state index contributed by atoms with van der Waals surface area (Å²) in [5.41, 5.74) is 2.18. The fourth-order valence-electron chi connectivity index (χ4n) is 1.60. The minimum absolute atomic E-state index is 0.185. The molecule has 4 heteroatoms. The average Bonchev–Trinajstić information content (AvgIpc) is 2.97. The van der Waals surface area contributed by atoms with Crippen LogP contribution in [0.1, 0.15) is 21.5 Å². The van der Waals surface area contributed by atoms with Crippen LogP contribution in [0.3, 0.4) is 0 Å². The van der Waals surface area contributed by atoms with Gasteiger partial charge in [0.15, 0.2) is 0 Å². The van der Waals surface area contributed by atoms with Gasteiger partial charge in [-0.15, -0.1) is 0 Å².